The first-order valence-electron chi connectivity index (χ1n) is 12.9. The number of ether oxygens (including phenoxy) is 1. The second kappa shape index (κ2) is 13.2. The number of carbonyl (C=O) groups excluding carboxylic acids is 1. The van der Waals surface area contributed by atoms with Gasteiger partial charge in [-0.25, -0.2) is 23.9 Å². The van der Waals surface area contributed by atoms with E-state index >= 15 is 4.39 Å². The topological polar surface area (TPSA) is 189 Å². The summed E-state index contributed by atoms with van der Waals surface area (Å²) in [4.78, 5) is 24.8. The number of hydrogen-bond donors (Lipinski definition) is 4. The third-order valence-corrected chi connectivity index (χ3v) is 9.34. The Labute approximate surface area is 240 Å². The Hall–Kier alpha value is -2.49. The van der Waals surface area contributed by atoms with Gasteiger partial charge < -0.3 is 20.7 Å². The Kier molecular flexibility index (Phi) is 10.1. The maximum atomic E-state index is 15.2. The number of aliphatic hydroxyl groups is 2. The van der Waals surface area contributed by atoms with Crippen molar-refractivity contribution < 1.29 is 42.8 Å². The minimum Gasteiger partial charge on any atom is -0.395 e. The maximum Gasteiger partial charge on any atom is 0.528 e. The fraction of sp³-hybridized carbons (Fsp3) is 0.520. The fourth-order valence-electron chi connectivity index (χ4n) is 4.01. The number of aliphatic hydroxyl groups excluding tert-OH is 2. The molecule has 0 bridgehead atoms. The zero-order chi connectivity index (χ0) is 29.8. The van der Waals surface area contributed by atoms with Crippen LogP contribution in [0, 0.1) is 12.3 Å². The maximum absolute atomic E-state index is 15.2. The molecule has 1 fully saturated rings. The highest BCUT2D eigenvalue weighted by atomic mass is 32.2. The van der Waals surface area contributed by atoms with Gasteiger partial charge in [0.05, 0.1) is 31.6 Å². The average Bonchev–Trinajstić information content (AvgIpc) is 3.49. The molecule has 1 saturated heterocycles. The summed E-state index contributed by atoms with van der Waals surface area (Å²) in [5.41, 5.74) is 6.37. The number of quaternary nitrogens is 1. The summed E-state index contributed by atoms with van der Waals surface area (Å²) >= 11 is 0.952. The third kappa shape index (κ3) is 7.48. The molecular formula is C25H35FN6O7PS+. The van der Waals surface area contributed by atoms with Crippen molar-refractivity contribution in [2.45, 2.75) is 51.9 Å². The highest BCUT2D eigenvalue weighted by Crippen LogP contribution is 2.41. The molecule has 0 saturated carbocycles. The first-order chi connectivity index (χ1) is 19.4. The van der Waals surface area contributed by atoms with Crippen molar-refractivity contribution in [3.05, 3.63) is 48.0 Å². The lowest BCUT2D eigenvalue weighted by atomic mass is 9.97. The number of anilines is 1. The summed E-state index contributed by atoms with van der Waals surface area (Å²) in [6, 6.07) is 9.23. The van der Waals surface area contributed by atoms with Crippen LogP contribution in [0.3, 0.4) is 0 Å². The molecule has 1 aromatic carbocycles. The number of nitrogens with two attached hydrogens (primary N) is 2. The highest BCUT2D eigenvalue weighted by molar-refractivity contribution is 8.13. The Morgan fingerprint density at radius 2 is 2.02 bits per heavy atom. The zero-order valence-electron chi connectivity index (χ0n) is 22.9. The molecule has 4 rings (SSSR count). The summed E-state index contributed by atoms with van der Waals surface area (Å²) in [6.45, 7) is 4.30. The van der Waals surface area contributed by atoms with E-state index in [0.29, 0.717) is 5.82 Å². The van der Waals surface area contributed by atoms with Crippen molar-refractivity contribution in [3.63, 3.8) is 0 Å². The van der Waals surface area contributed by atoms with Gasteiger partial charge in [-0.05, 0) is 20.8 Å². The first kappa shape index (κ1) is 31.4. The highest BCUT2D eigenvalue weighted by Gasteiger charge is 2.47. The number of thioether (sulfide) groups is 1. The van der Waals surface area contributed by atoms with Crippen LogP contribution in [-0.2, 0) is 29.7 Å². The molecule has 0 spiro atoms. The second-order valence-electron chi connectivity index (χ2n) is 10.2. The summed E-state index contributed by atoms with van der Waals surface area (Å²) in [5, 5.41) is 21.2. The molecule has 16 heteroatoms. The van der Waals surface area contributed by atoms with E-state index in [1.807, 2.05) is 30.3 Å². The van der Waals surface area contributed by atoms with E-state index in [0.717, 1.165) is 17.3 Å². The number of hydrogen-bond acceptors (Lipinski definition) is 12. The van der Waals surface area contributed by atoms with Gasteiger partial charge in [0, 0.05) is 11.3 Å². The van der Waals surface area contributed by atoms with Gasteiger partial charge in [-0.3, -0.25) is 23.5 Å². The van der Waals surface area contributed by atoms with Crippen molar-refractivity contribution in [1.29, 1.82) is 0 Å². The van der Waals surface area contributed by atoms with Crippen LogP contribution in [0.4, 0.5) is 10.2 Å². The lowest BCUT2D eigenvalue weighted by Gasteiger charge is -2.20. The Balaban J connectivity index is 1.42. The number of fused-ring (bicyclic) bond motifs is 1. The molecule has 3 heterocycles. The standard InChI is InChI=1S/C25H34FN6O7PS/c1-15-30-21(27)19-22(31-15)32(14-28-19)23-18(26)20(34)17(39-23)12-38-40(36,29-11-16-7-5-4-6-8-16)37-9-10-41-24(35)25(2,3)13-33/h4-8,14,17-18,20,23,33-34H,9-13H2,1-3H3,(H,29,36)(H2,27,30,31)/p+1/t17-,18+,20-,23-,40?/m1/s1. The molecule has 3 aromatic rings. The van der Waals surface area contributed by atoms with Crippen molar-refractivity contribution >= 4 is 41.6 Å². The molecule has 1 aliphatic rings. The van der Waals surface area contributed by atoms with Gasteiger partial charge >= 0.3 is 7.75 Å². The minimum atomic E-state index is -3.89. The van der Waals surface area contributed by atoms with Gasteiger partial charge in [0.15, 0.2) is 29.0 Å². The van der Waals surface area contributed by atoms with Crippen LogP contribution >= 0.6 is 19.5 Å². The molecule has 0 radical (unpaired) electrons. The van der Waals surface area contributed by atoms with Crippen LogP contribution in [0.1, 0.15) is 31.5 Å². The quantitative estimate of drug-likeness (QED) is 0.161. The van der Waals surface area contributed by atoms with E-state index in [1.165, 1.54) is 16.0 Å². The number of rotatable bonds is 13. The number of aromatic nitrogens is 4. The average molecular weight is 614 g/mol. The molecule has 2 aromatic heterocycles. The van der Waals surface area contributed by atoms with E-state index in [4.69, 9.17) is 19.5 Å². The van der Waals surface area contributed by atoms with E-state index in [2.05, 4.69) is 15.0 Å². The molecular weight excluding hydrogens is 578 g/mol. The smallest absolute Gasteiger partial charge is 0.395 e. The van der Waals surface area contributed by atoms with Gasteiger partial charge in [-0.1, -0.05) is 42.1 Å². The van der Waals surface area contributed by atoms with E-state index in [-0.39, 0.29) is 47.6 Å². The number of carbonyl (C=O) groups is 1. The normalized spacial score (nSPS) is 22.7. The molecule has 0 aliphatic carbocycles. The minimum absolute atomic E-state index is 0.0928. The van der Waals surface area contributed by atoms with Crippen molar-refractivity contribution in [3.8, 4) is 0 Å². The first-order valence-corrected chi connectivity index (χ1v) is 15.5. The van der Waals surface area contributed by atoms with Gasteiger partial charge in [0.25, 0.3) is 0 Å². The largest absolute Gasteiger partial charge is 0.528 e. The molecule has 41 heavy (non-hydrogen) atoms. The number of halogens is 1. The molecule has 0 amide bonds. The summed E-state index contributed by atoms with van der Waals surface area (Å²) < 4.78 is 47.3. The number of imidazole rings is 1. The molecule has 1 unspecified atom stereocenters. The number of nitrogens with zero attached hydrogens (tertiary/aromatic N) is 4. The van der Waals surface area contributed by atoms with Gasteiger partial charge in [0.1, 0.15) is 30.1 Å². The van der Waals surface area contributed by atoms with Gasteiger partial charge in [0.2, 0.25) is 0 Å². The molecule has 1 aliphatic heterocycles. The predicted molar refractivity (Wildman–Crippen MR) is 149 cm³/mol. The molecule has 6 N–H and O–H groups in total. The molecule has 5 atom stereocenters. The monoisotopic (exact) mass is 613 g/mol. The van der Waals surface area contributed by atoms with E-state index in [9.17, 15) is 19.6 Å². The predicted octanol–water partition coefficient (Wildman–Crippen LogP) is 1.50. The third-order valence-electron chi connectivity index (χ3n) is 6.48. The van der Waals surface area contributed by atoms with Crippen LogP contribution in [0.5, 0.6) is 0 Å². The molecule has 13 nitrogen and oxygen atoms in total. The van der Waals surface area contributed by atoms with Crippen molar-refractivity contribution in [1.82, 2.24) is 19.5 Å². The number of benzene rings is 1. The van der Waals surface area contributed by atoms with E-state index < -0.39 is 44.4 Å². The number of alkyl halides is 1. The van der Waals surface area contributed by atoms with Crippen molar-refractivity contribution in [2.75, 3.05) is 31.3 Å². The summed E-state index contributed by atoms with van der Waals surface area (Å²) in [7, 11) is -3.89. The molecule has 224 valence electrons. The van der Waals surface area contributed by atoms with Gasteiger partial charge in [-0.2, -0.15) is 0 Å². The number of aryl methyl sites for hydroxylation is 1. The second-order valence-corrected chi connectivity index (χ2v) is 13.2. The van der Waals surface area contributed by atoms with Crippen LogP contribution < -0.4 is 10.8 Å². The Bertz CT molecular complexity index is 1400. The van der Waals surface area contributed by atoms with Gasteiger partial charge in [-0.15, -0.1) is 0 Å². The Morgan fingerprint density at radius 3 is 2.73 bits per heavy atom. The van der Waals surface area contributed by atoms with E-state index in [1.54, 1.807) is 20.8 Å². The lowest BCUT2D eigenvalue weighted by molar-refractivity contribution is -0.543. The zero-order valence-corrected chi connectivity index (χ0v) is 24.6. The summed E-state index contributed by atoms with van der Waals surface area (Å²) in [6.07, 6.45) is -4.64. The summed E-state index contributed by atoms with van der Waals surface area (Å²) in [5.74, 6) is 0.661. The lowest BCUT2D eigenvalue weighted by Crippen LogP contribution is -2.77. The van der Waals surface area contributed by atoms with Crippen molar-refractivity contribution in [2.24, 2.45) is 5.41 Å². The fourth-order valence-corrected chi connectivity index (χ4v) is 6.36. The van der Waals surface area contributed by atoms with Crippen LogP contribution in [0.2, 0.25) is 0 Å². The van der Waals surface area contributed by atoms with Crippen LogP contribution in [-0.4, -0.2) is 78.8 Å². The SMILES string of the molecule is Cc1nc(N)c2ncn([C@@H]3O[C@H](COP(=O)([NH2+]Cc4ccccc4)OCCSC(=O)C(C)(C)CO)[C@@H](O)[C@@H]3F)c2n1. The van der Waals surface area contributed by atoms with Crippen LogP contribution in [0.15, 0.2) is 36.7 Å². The van der Waals surface area contributed by atoms with Crippen LogP contribution in [0.25, 0.3) is 11.2 Å². The number of nitrogen functional groups attached to an aromatic ring is 1. The Morgan fingerprint density at radius 1 is 1.29 bits per heavy atom.